The highest BCUT2D eigenvalue weighted by molar-refractivity contribution is 8.00. The van der Waals surface area contributed by atoms with E-state index in [0.717, 1.165) is 5.56 Å². The fourth-order valence-corrected chi connectivity index (χ4v) is 3.13. The fourth-order valence-electron chi connectivity index (χ4n) is 2.24. The summed E-state index contributed by atoms with van der Waals surface area (Å²) in [6, 6.07) is 15.7. The molecule has 0 unspecified atom stereocenters. The number of aromatic nitrogens is 3. The summed E-state index contributed by atoms with van der Waals surface area (Å²) in [5, 5.41) is 20.3. The van der Waals surface area contributed by atoms with E-state index in [0.29, 0.717) is 27.3 Å². The van der Waals surface area contributed by atoms with Gasteiger partial charge < -0.3 is 11.2 Å². The first-order chi connectivity index (χ1) is 13.0. The van der Waals surface area contributed by atoms with E-state index in [2.05, 4.69) is 15.5 Å². The van der Waals surface area contributed by atoms with Crippen LogP contribution < -0.4 is 11.2 Å². The van der Waals surface area contributed by atoms with Crippen LogP contribution in [0.1, 0.15) is 12.5 Å². The van der Waals surface area contributed by atoms with Crippen LogP contribution in [0.2, 0.25) is 5.02 Å². The average Bonchev–Trinajstić information content (AvgIpc) is 3.03. The number of hydrogen-bond acceptors (Lipinski definition) is 6. The van der Waals surface area contributed by atoms with Gasteiger partial charge in [0.05, 0.1) is 16.9 Å². The highest BCUT2D eigenvalue weighted by Gasteiger charge is 2.20. The van der Waals surface area contributed by atoms with Crippen molar-refractivity contribution in [3.05, 3.63) is 59.1 Å². The number of thioether (sulfide) groups is 1. The molecule has 27 heavy (non-hydrogen) atoms. The molecular formula is C18H15ClN6OS. The van der Waals surface area contributed by atoms with E-state index in [9.17, 15) is 4.79 Å². The fraction of sp³-hybridized carbons (Fsp3) is 0.111. The van der Waals surface area contributed by atoms with E-state index >= 15 is 0 Å². The number of nitrogens with zero attached hydrogens (tertiary/aromatic N) is 4. The van der Waals surface area contributed by atoms with Crippen molar-refractivity contribution in [1.82, 2.24) is 14.9 Å². The van der Waals surface area contributed by atoms with Crippen molar-refractivity contribution in [2.75, 3.05) is 11.2 Å². The number of hydrogen-bond donors (Lipinski definition) is 2. The molecule has 3 N–H and O–H groups in total. The van der Waals surface area contributed by atoms with Gasteiger partial charge in [-0.2, -0.15) is 5.26 Å². The zero-order valence-electron chi connectivity index (χ0n) is 14.3. The predicted molar refractivity (Wildman–Crippen MR) is 106 cm³/mol. The molecule has 7 nitrogen and oxygen atoms in total. The topological polar surface area (TPSA) is 110 Å². The van der Waals surface area contributed by atoms with E-state index in [1.54, 1.807) is 55.5 Å². The van der Waals surface area contributed by atoms with Crippen LogP contribution in [0.3, 0.4) is 0 Å². The van der Waals surface area contributed by atoms with Gasteiger partial charge in [0, 0.05) is 16.3 Å². The summed E-state index contributed by atoms with van der Waals surface area (Å²) < 4.78 is 1.35. The Morgan fingerprint density at radius 2 is 1.89 bits per heavy atom. The second-order valence-corrected chi connectivity index (χ2v) is 7.37. The molecule has 0 spiro atoms. The van der Waals surface area contributed by atoms with Gasteiger partial charge >= 0.3 is 0 Å². The molecule has 0 fully saturated rings. The number of halogens is 1. The number of carbonyl (C=O) groups is 1. The van der Waals surface area contributed by atoms with Crippen molar-refractivity contribution in [3.8, 4) is 17.5 Å². The molecule has 9 heteroatoms. The van der Waals surface area contributed by atoms with Gasteiger partial charge in [0.1, 0.15) is 0 Å². The Hall–Kier alpha value is -3.02. The summed E-state index contributed by atoms with van der Waals surface area (Å²) in [7, 11) is 0. The van der Waals surface area contributed by atoms with Gasteiger partial charge in [0.2, 0.25) is 11.1 Å². The molecule has 0 aliphatic carbocycles. The maximum absolute atomic E-state index is 12.4. The maximum Gasteiger partial charge on any atom is 0.237 e. The number of nitrogens with one attached hydrogen (secondary N) is 1. The lowest BCUT2D eigenvalue weighted by Crippen LogP contribution is -2.23. The third-order valence-corrected chi connectivity index (χ3v) is 5.01. The smallest absolute Gasteiger partial charge is 0.237 e. The lowest BCUT2D eigenvalue weighted by atomic mass is 10.2. The quantitative estimate of drug-likeness (QED) is 0.504. The van der Waals surface area contributed by atoms with Crippen LogP contribution in [0, 0.1) is 11.3 Å². The molecule has 3 aromatic rings. The monoisotopic (exact) mass is 398 g/mol. The summed E-state index contributed by atoms with van der Waals surface area (Å²) in [6.07, 6.45) is 0. The Morgan fingerprint density at radius 3 is 2.52 bits per heavy atom. The number of carbonyl (C=O) groups excluding carboxylic acids is 1. The second kappa shape index (κ2) is 8.12. The molecule has 0 saturated carbocycles. The summed E-state index contributed by atoms with van der Waals surface area (Å²) in [5.74, 6) is 6.35. The number of nitrogen functional groups attached to an aromatic ring is 1. The van der Waals surface area contributed by atoms with Crippen molar-refractivity contribution in [2.24, 2.45) is 0 Å². The third kappa shape index (κ3) is 4.39. The third-order valence-electron chi connectivity index (χ3n) is 3.70. The highest BCUT2D eigenvalue weighted by Crippen LogP contribution is 2.26. The lowest BCUT2D eigenvalue weighted by Gasteiger charge is -2.11. The molecule has 0 radical (unpaired) electrons. The van der Waals surface area contributed by atoms with Crippen LogP contribution in [0.25, 0.3) is 11.4 Å². The van der Waals surface area contributed by atoms with Gasteiger partial charge in [-0.3, -0.25) is 4.79 Å². The summed E-state index contributed by atoms with van der Waals surface area (Å²) in [4.78, 5) is 12.4. The first kappa shape index (κ1) is 18.8. The van der Waals surface area contributed by atoms with Crippen LogP contribution in [-0.2, 0) is 4.79 Å². The van der Waals surface area contributed by atoms with Gasteiger partial charge in [-0.1, -0.05) is 23.4 Å². The number of amides is 1. The normalized spacial score (nSPS) is 11.6. The van der Waals surface area contributed by atoms with Crippen molar-refractivity contribution < 1.29 is 4.79 Å². The van der Waals surface area contributed by atoms with Crippen LogP contribution in [0.4, 0.5) is 5.69 Å². The molecular weight excluding hydrogens is 384 g/mol. The van der Waals surface area contributed by atoms with Gasteiger partial charge in [-0.05, 0) is 55.5 Å². The summed E-state index contributed by atoms with van der Waals surface area (Å²) in [5.41, 5.74) is 1.92. The number of rotatable bonds is 5. The molecule has 0 aliphatic rings. The minimum Gasteiger partial charge on any atom is -0.335 e. The average molecular weight is 399 g/mol. The Labute approximate surface area is 165 Å². The SMILES string of the molecule is C[C@@H](Sc1nnc(-c2ccc(Cl)cc2)n1N)C(=O)Nc1ccc(C#N)cc1. The maximum atomic E-state index is 12.4. The Kier molecular flexibility index (Phi) is 5.64. The molecule has 0 saturated heterocycles. The number of benzene rings is 2. The highest BCUT2D eigenvalue weighted by atomic mass is 35.5. The van der Waals surface area contributed by atoms with Crippen molar-refractivity contribution in [2.45, 2.75) is 17.3 Å². The summed E-state index contributed by atoms with van der Waals surface area (Å²) >= 11 is 7.09. The molecule has 0 aliphatic heterocycles. The molecule has 1 atom stereocenters. The summed E-state index contributed by atoms with van der Waals surface area (Å²) in [6.45, 7) is 1.75. The first-order valence-corrected chi connectivity index (χ1v) is 9.18. The zero-order chi connectivity index (χ0) is 19.4. The van der Waals surface area contributed by atoms with Crippen LogP contribution in [0.15, 0.2) is 53.7 Å². The van der Waals surface area contributed by atoms with E-state index in [1.165, 1.54) is 16.4 Å². The molecule has 2 aromatic carbocycles. The number of nitrogens with two attached hydrogens (primary N) is 1. The lowest BCUT2D eigenvalue weighted by molar-refractivity contribution is -0.115. The standard InChI is InChI=1S/C18H15ClN6OS/c1-11(17(26)22-15-8-2-12(10-20)3-9-15)27-18-24-23-16(25(18)21)13-4-6-14(19)7-5-13/h2-9,11H,21H2,1H3,(H,22,26)/t11-/m1/s1. The minimum atomic E-state index is -0.454. The van der Waals surface area contributed by atoms with Crippen molar-refractivity contribution in [3.63, 3.8) is 0 Å². The van der Waals surface area contributed by atoms with Gasteiger partial charge in [-0.25, -0.2) is 4.68 Å². The largest absolute Gasteiger partial charge is 0.335 e. The molecule has 1 aromatic heterocycles. The van der Waals surface area contributed by atoms with E-state index < -0.39 is 5.25 Å². The molecule has 1 heterocycles. The van der Waals surface area contributed by atoms with Crippen molar-refractivity contribution >= 4 is 35.0 Å². The van der Waals surface area contributed by atoms with Gasteiger partial charge in [0.25, 0.3) is 0 Å². The number of anilines is 1. The predicted octanol–water partition coefficient (Wildman–Crippen LogP) is 3.30. The van der Waals surface area contributed by atoms with E-state index in [1.807, 2.05) is 6.07 Å². The van der Waals surface area contributed by atoms with Crippen molar-refractivity contribution in [1.29, 1.82) is 5.26 Å². The molecule has 1 amide bonds. The zero-order valence-corrected chi connectivity index (χ0v) is 15.8. The van der Waals surface area contributed by atoms with Crippen LogP contribution in [0.5, 0.6) is 0 Å². The van der Waals surface area contributed by atoms with Gasteiger partial charge in [0.15, 0.2) is 5.82 Å². The van der Waals surface area contributed by atoms with E-state index in [4.69, 9.17) is 22.7 Å². The van der Waals surface area contributed by atoms with Crippen LogP contribution >= 0.6 is 23.4 Å². The van der Waals surface area contributed by atoms with Gasteiger partial charge in [-0.15, -0.1) is 10.2 Å². The second-order valence-electron chi connectivity index (χ2n) is 5.62. The van der Waals surface area contributed by atoms with E-state index in [-0.39, 0.29) is 5.91 Å². The Morgan fingerprint density at radius 1 is 1.22 bits per heavy atom. The molecule has 3 rings (SSSR count). The minimum absolute atomic E-state index is 0.208. The Balaban J connectivity index is 1.68. The number of nitriles is 1. The Bertz CT molecular complexity index is 994. The first-order valence-electron chi connectivity index (χ1n) is 7.92. The molecule has 0 bridgehead atoms. The van der Waals surface area contributed by atoms with Crippen LogP contribution in [-0.4, -0.2) is 26.0 Å². The molecule has 136 valence electrons.